The van der Waals surface area contributed by atoms with Gasteiger partial charge in [0, 0.05) is 35.0 Å². The lowest BCUT2D eigenvalue weighted by atomic mass is 9.77. The summed E-state index contributed by atoms with van der Waals surface area (Å²) in [5.41, 5.74) is -0.0533. The predicted molar refractivity (Wildman–Crippen MR) is 107 cm³/mol. The highest BCUT2D eigenvalue weighted by atomic mass is 19.1. The number of pyridine rings is 1. The fraction of sp³-hybridized carbons (Fsp3) is 0.227. The number of methoxy groups -OCH3 is 1. The molecule has 0 fully saturated rings. The Labute approximate surface area is 171 Å². The lowest BCUT2D eigenvalue weighted by molar-refractivity contribution is 0.00718. The van der Waals surface area contributed by atoms with Crippen molar-refractivity contribution in [1.82, 2.24) is 20.4 Å². The molecule has 0 amide bonds. The molecular formula is C22H20F2N4O2. The van der Waals surface area contributed by atoms with E-state index < -0.39 is 23.2 Å². The zero-order valence-electron chi connectivity index (χ0n) is 16.4. The van der Waals surface area contributed by atoms with E-state index in [1.165, 1.54) is 12.3 Å². The van der Waals surface area contributed by atoms with Gasteiger partial charge in [0.05, 0.1) is 24.5 Å². The maximum Gasteiger partial charge on any atom is 0.132 e. The van der Waals surface area contributed by atoms with Crippen molar-refractivity contribution in [3.63, 3.8) is 0 Å². The fourth-order valence-electron chi connectivity index (χ4n) is 3.64. The number of rotatable bonds is 6. The van der Waals surface area contributed by atoms with Crippen molar-refractivity contribution in [2.75, 3.05) is 7.11 Å². The van der Waals surface area contributed by atoms with Crippen LogP contribution in [0.3, 0.4) is 0 Å². The van der Waals surface area contributed by atoms with Crippen molar-refractivity contribution in [2.45, 2.75) is 24.9 Å². The minimum absolute atomic E-state index is 0.0315. The second-order valence-corrected chi connectivity index (χ2v) is 7.20. The van der Waals surface area contributed by atoms with Crippen molar-refractivity contribution < 1.29 is 18.6 Å². The molecule has 0 aliphatic heterocycles. The number of hydrogen-bond donors (Lipinski definition) is 2. The molecule has 0 saturated carbocycles. The molecule has 0 saturated heterocycles. The van der Waals surface area contributed by atoms with Crippen molar-refractivity contribution >= 4 is 10.9 Å². The van der Waals surface area contributed by atoms with E-state index in [1.807, 2.05) is 18.2 Å². The summed E-state index contributed by atoms with van der Waals surface area (Å²) in [5, 5.41) is 22.8. The lowest BCUT2D eigenvalue weighted by Crippen LogP contribution is -2.36. The summed E-state index contributed by atoms with van der Waals surface area (Å²) in [4.78, 5) is 4.66. The largest absolute Gasteiger partial charge is 0.497 e. The van der Waals surface area contributed by atoms with Gasteiger partial charge in [-0.3, -0.25) is 4.98 Å². The number of halogens is 2. The van der Waals surface area contributed by atoms with Gasteiger partial charge in [-0.25, -0.2) is 8.78 Å². The Balaban J connectivity index is 1.80. The van der Waals surface area contributed by atoms with E-state index in [-0.39, 0.29) is 12.0 Å². The molecule has 0 aliphatic rings. The van der Waals surface area contributed by atoms with Crippen LogP contribution in [-0.4, -0.2) is 32.6 Å². The third-order valence-electron chi connectivity index (χ3n) is 5.39. The van der Waals surface area contributed by atoms with E-state index in [2.05, 4.69) is 20.4 Å². The van der Waals surface area contributed by atoms with Gasteiger partial charge in [0.2, 0.25) is 0 Å². The molecule has 2 unspecified atom stereocenters. The maximum atomic E-state index is 14.7. The van der Waals surface area contributed by atoms with Gasteiger partial charge in [0.25, 0.3) is 0 Å². The van der Waals surface area contributed by atoms with Gasteiger partial charge < -0.3 is 9.84 Å². The number of aromatic amines is 1. The summed E-state index contributed by atoms with van der Waals surface area (Å²) < 4.78 is 33.4. The molecular weight excluding hydrogens is 390 g/mol. The first-order valence-electron chi connectivity index (χ1n) is 9.38. The zero-order valence-corrected chi connectivity index (χ0v) is 16.4. The number of nitrogens with one attached hydrogen (secondary N) is 1. The number of H-pyrrole nitrogens is 1. The molecule has 2 N–H and O–H groups in total. The van der Waals surface area contributed by atoms with Crippen LogP contribution in [0.2, 0.25) is 0 Å². The first kappa shape index (κ1) is 19.9. The highest BCUT2D eigenvalue weighted by Crippen LogP contribution is 2.40. The molecule has 154 valence electrons. The third kappa shape index (κ3) is 3.61. The predicted octanol–water partition coefficient (Wildman–Crippen LogP) is 3.87. The molecule has 6 nitrogen and oxygen atoms in total. The van der Waals surface area contributed by atoms with E-state index in [1.54, 1.807) is 26.2 Å². The maximum absolute atomic E-state index is 14.7. The Kier molecular flexibility index (Phi) is 5.17. The second kappa shape index (κ2) is 7.79. The molecule has 0 aliphatic carbocycles. The first-order chi connectivity index (χ1) is 14.4. The normalized spacial score (nSPS) is 14.4. The Morgan fingerprint density at radius 1 is 1.13 bits per heavy atom. The molecule has 4 aromatic rings. The molecule has 2 aromatic carbocycles. The van der Waals surface area contributed by atoms with Crippen LogP contribution >= 0.6 is 0 Å². The summed E-state index contributed by atoms with van der Waals surface area (Å²) in [6, 6.07) is 12.3. The fourth-order valence-corrected chi connectivity index (χ4v) is 3.64. The molecule has 8 heteroatoms. The van der Waals surface area contributed by atoms with Crippen molar-refractivity contribution in [1.29, 1.82) is 0 Å². The highest BCUT2D eigenvalue weighted by molar-refractivity contribution is 5.80. The van der Waals surface area contributed by atoms with Crippen LogP contribution in [-0.2, 0) is 12.0 Å². The van der Waals surface area contributed by atoms with Gasteiger partial charge in [0.1, 0.15) is 23.0 Å². The first-order valence-corrected chi connectivity index (χ1v) is 9.38. The van der Waals surface area contributed by atoms with E-state index in [4.69, 9.17) is 4.74 Å². The minimum Gasteiger partial charge on any atom is -0.497 e. The van der Waals surface area contributed by atoms with E-state index in [9.17, 15) is 13.9 Å². The number of hydrogen-bond acceptors (Lipinski definition) is 5. The summed E-state index contributed by atoms with van der Waals surface area (Å²) in [5.74, 6) is -1.48. The number of aromatic nitrogens is 4. The average Bonchev–Trinajstić information content (AvgIpc) is 3.25. The van der Waals surface area contributed by atoms with Crippen LogP contribution in [0.4, 0.5) is 8.78 Å². The molecule has 0 spiro atoms. The minimum atomic E-state index is -1.73. The Bertz CT molecular complexity index is 1180. The van der Waals surface area contributed by atoms with Crippen LogP contribution in [0.1, 0.15) is 29.8 Å². The Morgan fingerprint density at radius 3 is 2.67 bits per heavy atom. The number of aliphatic hydroxyl groups is 1. The number of nitrogens with zero attached hydrogens (tertiary/aromatic N) is 3. The SMILES string of the molecule is COc1ccc2nc(C(C)C(O)(Cc3cn[nH]n3)c3ccc(F)cc3F)ccc2c1. The van der Waals surface area contributed by atoms with Crippen LogP contribution < -0.4 is 4.74 Å². The van der Waals surface area contributed by atoms with Gasteiger partial charge in [-0.1, -0.05) is 19.1 Å². The highest BCUT2D eigenvalue weighted by Gasteiger charge is 2.40. The van der Waals surface area contributed by atoms with Gasteiger partial charge >= 0.3 is 0 Å². The monoisotopic (exact) mass is 410 g/mol. The number of fused-ring (bicyclic) bond motifs is 1. The number of benzene rings is 2. The topological polar surface area (TPSA) is 83.9 Å². The van der Waals surface area contributed by atoms with Gasteiger partial charge in [0.15, 0.2) is 0 Å². The summed E-state index contributed by atoms with van der Waals surface area (Å²) >= 11 is 0. The molecule has 2 aromatic heterocycles. The molecule has 30 heavy (non-hydrogen) atoms. The summed E-state index contributed by atoms with van der Waals surface area (Å²) in [7, 11) is 1.59. The molecule has 2 heterocycles. The van der Waals surface area contributed by atoms with Crippen LogP contribution in [0.25, 0.3) is 10.9 Å². The van der Waals surface area contributed by atoms with Crippen LogP contribution in [0.5, 0.6) is 5.75 Å². The Hall–Kier alpha value is -3.39. The number of ether oxygens (including phenoxy) is 1. The molecule has 0 radical (unpaired) electrons. The van der Waals surface area contributed by atoms with E-state index in [0.29, 0.717) is 22.7 Å². The zero-order chi connectivity index (χ0) is 21.3. The molecule has 0 bridgehead atoms. The Morgan fingerprint density at radius 2 is 1.97 bits per heavy atom. The lowest BCUT2D eigenvalue weighted by Gasteiger charge is -2.34. The van der Waals surface area contributed by atoms with E-state index >= 15 is 0 Å². The second-order valence-electron chi connectivity index (χ2n) is 7.20. The van der Waals surface area contributed by atoms with Crippen molar-refractivity contribution in [3.05, 3.63) is 83.3 Å². The molecule has 2 atom stereocenters. The van der Waals surface area contributed by atoms with Gasteiger partial charge in [-0.05, 0) is 30.3 Å². The standard InChI is InChI=1S/C22H20F2N4O2/c1-13(20-7-3-14-9-17(30-2)5-8-21(14)26-20)22(29,11-16-12-25-28-27-16)18-6-4-15(23)10-19(18)24/h3-10,12-13,29H,11H2,1-2H3,(H,25,27,28). The van der Waals surface area contributed by atoms with Crippen molar-refractivity contribution in [2.24, 2.45) is 0 Å². The van der Waals surface area contributed by atoms with Crippen molar-refractivity contribution in [3.8, 4) is 5.75 Å². The van der Waals surface area contributed by atoms with Crippen LogP contribution in [0, 0.1) is 11.6 Å². The molecule has 4 rings (SSSR count). The van der Waals surface area contributed by atoms with Gasteiger partial charge in [-0.15, -0.1) is 0 Å². The quantitative estimate of drug-likeness (QED) is 0.504. The average molecular weight is 410 g/mol. The smallest absolute Gasteiger partial charge is 0.132 e. The van der Waals surface area contributed by atoms with Gasteiger partial charge in [-0.2, -0.15) is 15.4 Å². The summed E-state index contributed by atoms with van der Waals surface area (Å²) in [6.07, 6.45) is 1.43. The van der Waals surface area contributed by atoms with Crippen LogP contribution in [0.15, 0.2) is 54.7 Å². The third-order valence-corrected chi connectivity index (χ3v) is 5.39. The summed E-state index contributed by atoms with van der Waals surface area (Å²) in [6.45, 7) is 1.75. The van der Waals surface area contributed by atoms with E-state index in [0.717, 1.165) is 17.5 Å².